The number of aromatic nitrogens is 2. The van der Waals surface area contributed by atoms with Crippen molar-refractivity contribution in [3.63, 3.8) is 0 Å². The number of hydrogen-bond acceptors (Lipinski definition) is 5. The van der Waals surface area contributed by atoms with E-state index in [4.69, 9.17) is 0 Å². The molecule has 3 aromatic rings. The normalized spacial score (nSPS) is 11.2. The Hall–Kier alpha value is -2.51. The lowest BCUT2D eigenvalue weighted by atomic mass is 10.1. The molecule has 0 saturated heterocycles. The molecule has 0 aliphatic carbocycles. The van der Waals surface area contributed by atoms with Gasteiger partial charge in [-0.05, 0) is 35.7 Å². The van der Waals surface area contributed by atoms with Crippen molar-refractivity contribution in [2.45, 2.75) is 39.9 Å². The summed E-state index contributed by atoms with van der Waals surface area (Å²) < 4.78 is 1.50. The molecule has 1 aromatic carbocycles. The van der Waals surface area contributed by atoms with Gasteiger partial charge in [0, 0.05) is 26.1 Å². The minimum atomic E-state index is -0.0946. The van der Waals surface area contributed by atoms with E-state index in [1.807, 2.05) is 5.38 Å². The highest BCUT2D eigenvalue weighted by molar-refractivity contribution is 7.16. The molecule has 7 heteroatoms. The third-order valence-corrected chi connectivity index (χ3v) is 5.66. The molecular weight excluding hydrogens is 372 g/mol. The fourth-order valence-corrected chi connectivity index (χ4v) is 3.75. The van der Waals surface area contributed by atoms with Crippen LogP contribution in [-0.2, 0) is 24.4 Å². The second kappa shape index (κ2) is 9.61. The number of hydrogen-bond donors (Lipinski definition) is 1. The molecule has 2 heterocycles. The third kappa shape index (κ3) is 5.05. The van der Waals surface area contributed by atoms with Gasteiger partial charge in [-0.25, -0.2) is 4.98 Å². The smallest absolute Gasteiger partial charge is 0.262 e. The molecule has 0 bridgehead atoms. The fourth-order valence-electron chi connectivity index (χ4n) is 3.03. The summed E-state index contributed by atoms with van der Waals surface area (Å²) in [5, 5.41) is 5.38. The molecule has 0 unspecified atom stereocenters. The van der Waals surface area contributed by atoms with Gasteiger partial charge in [0.15, 0.2) is 0 Å². The zero-order valence-corrected chi connectivity index (χ0v) is 17.2. The molecule has 3 rings (SSSR count). The van der Waals surface area contributed by atoms with E-state index in [1.165, 1.54) is 27.8 Å². The van der Waals surface area contributed by atoms with Crippen molar-refractivity contribution in [3.05, 3.63) is 63.5 Å². The first kappa shape index (κ1) is 20.2. The van der Waals surface area contributed by atoms with Crippen molar-refractivity contribution < 1.29 is 4.79 Å². The summed E-state index contributed by atoms with van der Waals surface area (Å²) >= 11 is 1.44. The van der Waals surface area contributed by atoms with Crippen molar-refractivity contribution in [2.75, 3.05) is 13.1 Å². The van der Waals surface area contributed by atoms with Crippen LogP contribution in [0.1, 0.15) is 31.4 Å². The Bertz CT molecular complexity index is 974. The summed E-state index contributed by atoms with van der Waals surface area (Å²) in [5.41, 5.74) is 2.24. The third-order valence-electron chi connectivity index (χ3n) is 4.84. The molecule has 0 fully saturated rings. The Morgan fingerprint density at radius 2 is 1.86 bits per heavy atom. The zero-order chi connectivity index (χ0) is 19.9. The van der Waals surface area contributed by atoms with E-state index < -0.39 is 0 Å². The molecule has 148 valence electrons. The minimum Gasteiger partial charge on any atom is -0.352 e. The van der Waals surface area contributed by atoms with Crippen molar-refractivity contribution in [1.29, 1.82) is 0 Å². The summed E-state index contributed by atoms with van der Waals surface area (Å²) in [6.07, 6.45) is 1.76. The van der Waals surface area contributed by atoms with Gasteiger partial charge in [-0.15, -0.1) is 11.3 Å². The van der Waals surface area contributed by atoms with E-state index in [9.17, 15) is 9.59 Å². The van der Waals surface area contributed by atoms with Gasteiger partial charge in [0.2, 0.25) is 5.91 Å². The molecular formula is C21H26N4O2S. The van der Waals surface area contributed by atoms with Gasteiger partial charge in [0.05, 0.1) is 11.7 Å². The lowest BCUT2D eigenvalue weighted by Gasteiger charge is -2.18. The van der Waals surface area contributed by atoms with Gasteiger partial charge < -0.3 is 5.32 Å². The van der Waals surface area contributed by atoms with Crippen LogP contribution in [0.25, 0.3) is 10.2 Å². The number of amides is 1. The van der Waals surface area contributed by atoms with Gasteiger partial charge in [-0.3, -0.25) is 19.1 Å². The summed E-state index contributed by atoms with van der Waals surface area (Å²) in [5.74, 6) is -0.0791. The largest absolute Gasteiger partial charge is 0.352 e. The van der Waals surface area contributed by atoms with Crippen molar-refractivity contribution in [1.82, 2.24) is 19.8 Å². The number of aryl methyl sites for hydroxylation is 1. The quantitative estimate of drug-likeness (QED) is 0.602. The van der Waals surface area contributed by atoms with Crippen LogP contribution in [0.4, 0.5) is 0 Å². The molecule has 0 atom stereocenters. The summed E-state index contributed by atoms with van der Waals surface area (Å²) in [6.45, 7) is 8.15. The van der Waals surface area contributed by atoms with E-state index >= 15 is 0 Å². The summed E-state index contributed by atoms with van der Waals surface area (Å²) in [6, 6.07) is 10.1. The van der Waals surface area contributed by atoms with E-state index in [-0.39, 0.29) is 17.9 Å². The highest BCUT2D eigenvalue weighted by atomic mass is 32.1. The summed E-state index contributed by atoms with van der Waals surface area (Å²) in [4.78, 5) is 31.8. The van der Waals surface area contributed by atoms with Gasteiger partial charge >= 0.3 is 0 Å². The van der Waals surface area contributed by atoms with Crippen LogP contribution < -0.4 is 10.9 Å². The molecule has 0 aliphatic heterocycles. The van der Waals surface area contributed by atoms with Crippen LogP contribution >= 0.6 is 11.3 Å². The molecule has 2 aromatic heterocycles. The molecule has 0 aliphatic rings. The Kier molecular flexibility index (Phi) is 6.95. The Morgan fingerprint density at radius 1 is 1.14 bits per heavy atom. The van der Waals surface area contributed by atoms with Crippen LogP contribution in [0.5, 0.6) is 0 Å². The number of nitrogens with zero attached hydrogens (tertiary/aromatic N) is 3. The number of carbonyl (C=O) groups excluding carboxylic acids is 1. The van der Waals surface area contributed by atoms with Crippen molar-refractivity contribution in [3.8, 4) is 0 Å². The van der Waals surface area contributed by atoms with Crippen LogP contribution in [0.15, 0.2) is 46.8 Å². The lowest BCUT2D eigenvalue weighted by Crippen LogP contribution is -2.27. The maximum Gasteiger partial charge on any atom is 0.262 e. The SMILES string of the molecule is CCN(CC)Cc1ccc(CNC(=O)CCn2cnc3sccc3c2=O)cc1. The molecule has 1 amide bonds. The van der Waals surface area contributed by atoms with Gasteiger partial charge in [0.1, 0.15) is 4.83 Å². The highest BCUT2D eigenvalue weighted by Crippen LogP contribution is 2.13. The summed E-state index contributed by atoms with van der Waals surface area (Å²) in [7, 11) is 0. The number of thiophene rings is 1. The molecule has 0 radical (unpaired) electrons. The van der Waals surface area contributed by atoms with Crippen LogP contribution in [0, 0.1) is 0 Å². The lowest BCUT2D eigenvalue weighted by molar-refractivity contribution is -0.121. The molecule has 0 spiro atoms. The molecule has 6 nitrogen and oxygen atoms in total. The minimum absolute atomic E-state index is 0.0791. The average molecular weight is 399 g/mol. The van der Waals surface area contributed by atoms with Crippen molar-refractivity contribution >= 4 is 27.5 Å². The monoisotopic (exact) mass is 398 g/mol. The first-order valence-corrected chi connectivity index (χ1v) is 10.5. The number of rotatable bonds is 9. The van der Waals surface area contributed by atoms with Crippen LogP contribution in [0.2, 0.25) is 0 Å². The Morgan fingerprint density at radius 3 is 2.57 bits per heavy atom. The number of fused-ring (bicyclic) bond motifs is 1. The maximum atomic E-state index is 12.3. The molecule has 0 saturated carbocycles. The Balaban J connectivity index is 1.48. The number of nitrogens with one attached hydrogen (secondary N) is 1. The van der Waals surface area contributed by atoms with Gasteiger partial charge in [0.25, 0.3) is 5.56 Å². The van der Waals surface area contributed by atoms with Crippen LogP contribution in [0.3, 0.4) is 0 Å². The standard InChI is InChI=1S/C21H26N4O2S/c1-3-24(4-2)14-17-7-5-16(6-8-17)13-22-19(26)9-11-25-15-23-20-18(21(25)27)10-12-28-20/h5-8,10,12,15H,3-4,9,11,13-14H2,1-2H3,(H,22,26). The average Bonchev–Trinajstić information content (AvgIpc) is 3.20. The fraction of sp³-hybridized carbons (Fsp3) is 0.381. The van der Waals surface area contributed by atoms with E-state index in [1.54, 1.807) is 6.07 Å². The number of benzene rings is 1. The predicted octanol–water partition coefficient (Wildman–Crippen LogP) is 3.01. The van der Waals surface area contributed by atoms with E-state index in [0.717, 1.165) is 30.0 Å². The first-order chi connectivity index (χ1) is 13.6. The van der Waals surface area contributed by atoms with Gasteiger partial charge in [-0.2, -0.15) is 0 Å². The van der Waals surface area contributed by atoms with Crippen LogP contribution in [-0.4, -0.2) is 33.4 Å². The highest BCUT2D eigenvalue weighted by Gasteiger charge is 2.08. The number of carbonyl (C=O) groups is 1. The first-order valence-electron chi connectivity index (χ1n) is 9.60. The predicted molar refractivity (Wildman–Crippen MR) is 113 cm³/mol. The molecule has 28 heavy (non-hydrogen) atoms. The van der Waals surface area contributed by atoms with E-state index in [2.05, 4.69) is 53.3 Å². The topological polar surface area (TPSA) is 67.2 Å². The molecule has 1 N–H and O–H groups in total. The van der Waals surface area contributed by atoms with Gasteiger partial charge in [-0.1, -0.05) is 38.1 Å². The Labute approximate surface area is 168 Å². The van der Waals surface area contributed by atoms with E-state index in [0.29, 0.717) is 18.5 Å². The zero-order valence-electron chi connectivity index (χ0n) is 16.4. The second-order valence-corrected chi connectivity index (χ2v) is 7.58. The maximum absolute atomic E-state index is 12.3. The van der Waals surface area contributed by atoms with Crippen molar-refractivity contribution in [2.24, 2.45) is 0 Å². The second-order valence-electron chi connectivity index (χ2n) is 6.69.